The van der Waals surface area contributed by atoms with Gasteiger partial charge in [-0.3, -0.25) is 4.79 Å². The zero-order valence-electron chi connectivity index (χ0n) is 10.2. The van der Waals surface area contributed by atoms with E-state index in [-0.39, 0.29) is 12.6 Å². The van der Waals surface area contributed by atoms with Crippen molar-refractivity contribution in [1.29, 1.82) is 0 Å². The molecule has 0 aliphatic heterocycles. The van der Waals surface area contributed by atoms with Crippen molar-refractivity contribution in [2.45, 2.75) is 6.92 Å². The third-order valence-electron chi connectivity index (χ3n) is 2.13. The Morgan fingerprint density at radius 2 is 1.82 bits per heavy atom. The molecule has 0 bridgehead atoms. The molecular formula is C13H16O4. The van der Waals surface area contributed by atoms with E-state index in [2.05, 4.69) is 0 Å². The molecule has 0 saturated heterocycles. The van der Waals surface area contributed by atoms with Crippen LogP contribution >= 0.6 is 0 Å². The number of hydrogen-bond acceptors (Lipinski definition) is 4. The van der Waals surface area contributed by atoms with E-state index in [4.69, 9.17) is 14.2 Å². The zero-order chi connectivity index (χ0) is 12.7. The van der Waals surface area contributed by atoms with Crippen molar-refractivity contribution in [1.82, 2.24) is 0 Å². The van der Waals surface area contributed by atoms with Crippen LogP contribution < -0.4 is 9.47 Å². The molecule has 0 atom stereocenters. The first-order chi connectivity index (χ1) is 8.19. The van der Waals surface area contributed by atoms with Crippen molar-refractivity contribution in [3.63, 3.8) is 0 Å². The first kappa shape index (κ1) is 13.1. The number of benzene rings is 1. The Kier molecular flexibility index (Phi) is 5.07. The number of carbonyl (C=O) groups excluding carboxylic acids is 1. The number of esters is 1. The summed E-state index contributed by atoms with van der Waals surface area (Å²) < 4.78 is 15.3. The summed E-state index contributed by atoms with van der Waals surface area (Å²) in [6.07, 6.45) is 3.54. The van der Waals surface area contributed by atoms with Gasteiger partial charge in [0.2, 0.25) is 0 Å². The van der Waals surface area contributed by atoms with E-state index in [1.165, 1.54) is 6.92 Å². The van der Waals surface area contributed by atoms with E-state index in [1.54, 1.807) is 26.4 Å². The summed E-state index contributed by atoms with van der Waals surface area (Å²) in [6, 6.07) is 5.53. The maximum Gasteiger partial charge on any atom is 0.302 e. The van der Waals surface area contributed by atoms with Crippen LogP contribution in [-0.4, -0.2) is 26.8 Å². The van der Waals surface area contributed by atoms with Crippen LogP contribution in [-0.2, 0) is 9.53 Å². The Balaban J connectivity index is 2.83. The van der Waals surface area contributed by atoms with Crippen LogP contribution in [0.5, 0.6) is 11.5 Å². The third-order valence-corrected chi connectivity index (χ3v) is 2.13. The number of ether oxygens (including phenoxy) is 3. The first-order valence-electron chi connectivity index (χ1n) is 5.20. The molecule has 0 N–H and O–H groups in total. The minimum absolute atomic E-state index is 0.233. The SMILES string of the molecule is COc1cccc(OC)c1/C=C/COC(C)=O. The van der Waals surface area contributed by atoms with E-state index in [9.17, 15) is 4.79 Å². The highest BCUT2D eigenvalue weighted by Crippen LogP contribution is 2.29. The minimum Gasteiger partial charge on any atom is -0.496 e. The Morgan fingerprint density at radius 3 is 2.29 bits per heavy atom. The Hall–Kier alpha value is -1.97. The number of rotatable bonds is 5. The van der Waals surface area contributed by atoms with Gasteiger partial charge in [0.1, 0.15) is 18.1 Å². The smallest absolute Gasteiger partial charge is 0.302 e. The van der Waals surface area contributed by atoms with Crippen LogP contribution in [0.15, 0.2) is 24.3 Å². The molecule has 0 aliphatic carbocycles. The van der Waals surface area contributed by atoms with E-state index in [1.807, 2.05) is 18.2 Å². The maximum absolute atomic E-state index is 10.6. The van der Waals surface area contributed by atoms with Crippen LogP contribution in [0.4, 0.5) is 0 Å². The van der Waals surface area contributed by atoms with Gasteiger partial charge in [0.05, 0.1) is 19.8 Å². The van der Waals surface area contributed by atoms with Gasteiger partial charge in [-0.2, -0.15) is 0 Å². The second kappa shape index (κ2) is 6.58. The molecule has 0 aliphatic rings. The predicted molar refractivity (Wildman–Crippen MR) is 65.2 cm³/mol. The fourth-order valence-corrected chi connectivity index (χ4v) is 1.38. The quantitative estimate of drug-likeness (QED) is 0.736. The topological polar surface area (TPSA) is 44.8 Å². The zero-order valence-corrected chi connectivity index (χ0v) is 10.2. The summed E-state index contributed by atoms with van der Waals surface area (Å²) in [7, 11) is 3.19. The van der Waals surface area contributed by atoms with Crippen LogP contribution in [0.25, 0.3) is 6.08 Å². The van der Waals surface area contributed by atoms with Gasteiger partial charge in [0.25, 0.3) is 0 Å². The van der Waals surface area contributed by atoms with Gasteiger partial charge in [-0.15, -0.1) is 0 Å². The molecule has 0 spiro atoms. The molecule has 0 heterocycles. The molecule has 1 aromatic rings. The van der Waals surface area contributed by atoms with Crippen molar-refractivity contribution in [3.05, 3.63) is 29.8 Å². The standard InChI is InChI=1S/C13H16O4/c1-10(14)17-9-5-6-11-12(15-2)7-4-8-13(11)16-3/h4-8H,9H2,1-3H3/b6-5+. The summed E-state index contributed by atoms with van der Waals surface area (Å²) >= 11 is 0. The fraction of sp³-hybridized carbons (Fsp3) is 0.308. The lowest BCUT2D eigenvalue weighted by Gasteiger charge is -2.09. The highest BCUT2D eigenvalue weighted by molar-refractivity contribution is 5.67. The Bertz CT molecular complexity index is 388. The number of hydrogen-bond donors (Lipinski definition) is 0. The third kappa shape index (κ3) is 3.83. The molecule has 1 rings (SSSR count). The molecule has 0 fully saturated rings. The molecule has 92 valence electrons. The van der Waals surface area contributed by atoms with Crippen LogP contribution in [0.3, 0.4) is 0 Å². The second-order valence-electron chi connectivity index (χ2n) is 3.28. The number of methoxy groups -OCH3 is 2. The lowest BCUT2D eigenvalue weighted by atomic mass is 10.1. The van der Waals surface area contributed by atoms with Gasteiger partial charge in [-0.25, -0.2) is 0 Å². The molecule has 0 amide bonds. The first-order valence-corrected chi connectivity index (χ1v) is 5.20. The largest absolute Gasteiger partial charge is 0.496 e. The maximum atomic E-state index is 10.6. The molecule has 0 unspecified atom stereocenters. The number of carbonyl (C=O) groups is 1. The summed E-state index contributed by atoms with van der Waals surface area (Å²) in [5.74, 6) is 1.12. The average Bonchev–Trinajstić information content (AvgIpc) is 2.34. The Morgan fingerprint density at radius 1 is 1.24 bits per heavy atom. The minimum atomic E-state index is -0.304. The molecule has 0 aromatic heterocycles. The monoisotopic (exact) mass is 236 g/mol. The van der Waals surface area contributed by atoms with Crippen molar-refractivity contribution in [2.75, 3.05) is 20.8 Å². The molecule has 1 aromatic carbocycles. The molecule has 4 heteroatoms. The highest BCUT2D eigenvalue weighted by atomic mass is 16.5. The highest BCUT2D eigenvalue weighted by Gasteiger charge is 2.05. The van der Waals surface area contributed by atoms with Crippen LogP contribution in [0.1, 0.15) is 12.5 Å². The fourth-order valence-electron chi connectivity index (χ4n) is 1.38. The Labute approximate surface area is 101 Å². The van der Waals surface area contributed by atoms with Gasteiger partial charge < -0.3 is 14.2 Å². The van der Waals surface area contributed by atoms with Gasteiger partial charge in [0.15, 0.2) is 0 Å². The molecule has 17 heavy (non-hydrogen) atoms. The van der Waals surface area contributed by atoms with Crippen molar-refractivity contribution < 1.29 is 19.0 Å². The van der Waals surface area contributed by atoms with Gasteiger partial charge in [-0.05, 0) is 24.3 Å². The summed E-state index contributed by atoms with van der Waals surface area (Å²) in [5.41, 5.74) is 0.824. The van der Waals surface area contributed by atoms with Crippen LogP contribution in [0.2, 0.25) is 0 Å². The van der Waals surface area contributed by atoms with Gasteiger partial charge in [0, 0.05) is 6.92 Å². The molecule has 0 saturated carbocycles. The van der Waals surface area contributed by atoms with E-state index < -0.39 is 0 Å². The van der Waals surface area contributed by atoms with Gasteiger partial charge >= 0.3 is 5.97 Å². The summed E-state index contributed by atoms with van der Waals surface area (Å²) in [5, 5.41) is 0. The predicted octanol–water partition coefficient (Wildman–Crippen LogP) is 2.28. The molecule has 0 radical (unpaired) electrons. The van der Waals surface area contributed by atoms with Crippen molar-refractivity contribution >= 4 is 12.0 Å². The molecular weight excluding hydrogens is 220 g/mol. The normalized spacial score (nSPS) is 10.3. The lowest BCUT2D eigenvalue weighted by Crippen LogP contribution is -1.97. The van der Waals surface area contributed by atoms with E-state index in [0.29, 0.717) is 11.5 Å². The van der Waals surface area contributed by atoms with Crippen molar-refractivity contribution in [2.24, 2.45) is 0 Å². The van der Waals surface area contributed by atoms with Gasteiger partial charge in [-0.1, -0.05) is 6.07 Å². The lowest BCUT2D eigenvalue weighted by molar-refractivity contribution is -0.139. The van der Waals surface area contributed by atoms with Crippen molar-refractivity contribution in [3.8, 4) is 11.5 Å². The molecule has 4 nitrogen and oxygen atoms in total. The van der Waals surface area contributed by atoms with E-state index in [0.717, 1.165) is 5.56 Å². The summed E-state index contributed by atoms with van der Waals surface area (Å²) in [6.45, 7) is 1.61. The van der Waals surface area contributed by atoms with Crippen LogP contribution in [0, 0.1) is 0 Å². The average molecular weight is 236 g/mol. The second-order valence-corrected chi connectivity index (χ2v) is 3.28. The van der Waals surface area contributed by atoms with E-state index >= 15 is 0 Å². The summed E-state index contributed by atoms with van der Waals surface area (Å²) in [4.78, 5) is 10.6.